The van der Waals surface area contributed by atoms with E-state index in [2.05, 4.69) is 10.3 Å². The van der Waals surface area contributed by atoms with E-state index in [0.29, 0.717) is 41.8 Å². The molecule has 3 rings (SSSR count). The van der Waals surface area contributed by atoms with E-state index in [1.165, 1.54) is 5.56 Å². The van der Waals surface area contributed by atoms with Gasteiger partial charge in [-0.05, 0) is 18.1 Å². The Morgan fingerprint density at radius 3 is 3.00 bits per heavy atom. The molecule has 3 atom stereocenters. The van der Waals surface area contributed by atoms with Gasteiger partial charge in [-0.1, -0.05) is 17.7 Å². The molecule has 2 aliphatic heterocycles. The fourth-order valence-corrected chi connectivity index (χ4v) is 2.99. The summed E-state index contributed by atoms with van der Waals surface area (Å²) in [6.45, 7) is 0. The molecule has 2 aliphatic rings. The van der Waals surface area contributed by atoms with Gasteiger partial charge in [-0.3, -0.25) is 4.79 Å². The number of ketones is 1. The molecule has 2 bridgehead atoms. The normalized spacial score (nSPS) is 33.1. The molecule has 0 aromatic carbocycles. The molecule has 2 fully saturated rings. The molecule has 0 amide bonds. The molecule has 4 heteroatoms. The maximum absolute atomic E-state index is 11.5. The highest BCUT2D eigenvalue weighted by Crippen LogP contribution is 2.37. The second-order valence-corrected chi connectivity index (χ2v) is 5.06. The number of carbonyl (C=O) groups excluding carboxylic acids is 1. The molecule has 16 heavy (non-hydrogen) atoms. The number of pyridine rings is 1. The number of aromatic nitrogens is 1. The number of halogens is 1. The molecule has 0 aliphatic carbocycles. The lowest BCUT2D eigenvalue weighted by atomic mass is 9.92. The Labute approximate surface area is 99.2 Å². The van der Waals surface area contributed by atoms with Gasteiger partial charge in [-0.25, -0.2) is 4.98 Å². The number of hydrogen-bond donors (Lipinski definition) is 1. The van der Waals surface area contributed by atoms with E-state index >= 15 is 0 Å². The maximum atomic E-state index is 11.5. The summed E-state index contributed by atoms with van der Waals surface area (Å²) in [6.07, 6.45) is 4.22. The second-order valence-electron chi connectivity index (χ2n) is 4.67. The van der Waals surface area contributed by atoms with Crippen LogP contribution in [0.1, 0.15) is 30.7 Å². The first kappa shape index (κ1) is 10.2. The van der Waals surface area contributed by atoms with Gasteiger partial charge in [0.2, 0.25) is 0 Å². The van der Waals surface area contributed by atoms with Crippen molar-refractivity contribution in [3.63, 3.8) is 0 Å². The zero-order valence-corrected chi connectivity index (χ0v) is 9.57. The van der Waals surface area contributed by atoms with Gasteiger partial charge in [0, 0.05) is 37.0 Å². The Kier molecular flexibility index (Phi) is 2.45. The van der Waals surface area contributed by atoms with Gasteiger partial charge in [0.15, 0.2) is 0 Å². The molecular formula is C12H13ClN2O. The Balaban J connectivity index is 1.86. The van der Waals surface area contributed by atoms with Crippen LogP contribution in [-0.2, 0) is 4.79 Å². The van der Waals surface area contributed by atoms with Gasteiger partial charge in [0.05, 0.1) is 0 Å². The second kappa shape index (κ2) is 3.82. The van der Waals surface area contributed by atoms with Crippen molar-refractivity contribution in [1.82, 2.24) is 10.3 Å². The van der Waals surface area contributed by atoms with Crippen molar-refractivity contribution in [1.29, 1.82) is 0 Å². The monoisotopic (exact) mass is 236 g/mol. The van der Waals surface area contributed by atoms with Crippen LogP contribution in [0.25, 0.3) is 0 Å². The highest BCUT2D eigenvalue weighted by Gasteiger charge is 2.40. The summed E-state index contributed by atoms with van der Waals surface area (Å²) in [6, 6.07) is 4.51. The minimum absolute atomic E-state index is 0.300. The average Bonchev–Trinajstić information content (AvgIpc) is 2.55. The van der Waals surface area contributed by atoms with Crippen molar-refractivity contribution < 1.29 is 4.79 Å². The third-order valence-electron chi connectivity index (χ3n) is 3.57. The molecule has 3 heterocycles. The van der Waals surface area contributed by atoms with Crippen molar-refractivity contribution in [3.8, 4) is 0 Å². The van der Waals surface area contributed by atoms with E-state index in [0.717, 1.165) is 6.42 Å². The zero-order chi connectivity index (χ0) is 11.1. The minimum atomic E-state index is 0.300. The van der Waals surface area contributed by atoms with Crippen LogP contribution >= 0.6 is 11.6 Å². The molecule has 1 aromatic rings. The van der Waals surface area contributed by atoms with Gasteiger partial charge in [-0.15, -0.1) is 0 Å². The van der Waals surface area contributed by atoms with E-state index in [4.69, 9.17) is 11.6 Å². The predicted molar refractivity (Wildman–Crippen MR) is 61.6 cm³/mol. The Morgan fingerprint density at radius 1 is 1.38 bits per heavy atom. The van der Waals surface area contributed by atoms with Crippen molar-refractivity contribution in [3.05, 3.63) is 29.0 Å². The van der Waals surface area contributed by atoms with Crippen LogP contribution in [0.3, 0.4) is 0 Å². The lowest BCUT2D eigenvalue weighted by Gasteiger charge is -2.22. The number of piperidine rings is 1. The van der Waals surface area contributed by atoms with E-state index in [1.807, 2.05) is 18.3 Å². The first-order valence-corrected chi connectivity index (χ1v) is 5.99. The van der Waals surface area contributed by atoms with E-state index in [1.54, 1.807) is 0 Å². The smallest absolute Gasteiger partial charge is 0.136 e. The largest absolute Gasteiger partial charge is 0.310 e. The van der Waals surface area contributed by atoms with Crippen molar-refractivity contribution >= 4 is 17.4 Å². The molecule has 0 spiro atoms. The van der Waals surface area contributed by atoms with Crippen LogP contribution in [0, 0.1) is 0 Å². The summed E-state index contributed by atoms with van der Waals surface area (Å²) in [7, 11) is 0. The molecule has 1 N–H and O–H groups in total. The van der Waals surface area contributed by atoms with Crippen LogP contribution in [0.2, 0.25) is 5.15 Å². The number of nitrogens with zero attached hydrogens (tertiary/aromatic N) is 1. The summed E-state index contributed by atoms with van der Waals surface area (Å²) in [5.41, 5.74) is 1.19. The Morgan fingerprint density at radius 2 is 2.25 bits per heavy atom. The number of Topliss-reactive ketones (excluding diaryl/α,β-unsaturated/α-hetero) is 1. The average molecular weight is 237 g/mol. The number of carbonyl (C=O) groups is 1. The third-order valence-corrected chi connectivity index (χ3v) is 3.80. The van der Waals surface area contributed by atoms with Crippen molar-refractivity contribution in [2.75, 3.05) is 0 Å². The Bertz CT molecular complexity index is 418. The quantitative estimate of drug-likeness (QED) is 0.758. The van der Waals surface area contributed by atoms with Gasteiger partial charge in [0.1, 0.15) is 10.9 Å². The molecule has 1 aromatic heterocycles. The fraction of sp³-hybridized carbons (Fsp3) is 0.500. The summed E-state index contributed by atoms with van der Waals surface area (Å²) >= 11 is 5.77. The van der Waals surface area contributed by atoms with E-state index < -0.39 is 0 Å². The first-order chi connectivity index (χ1) is 7.72. The highest BCUT2D eigenvalue weighted by atomic mass is 35.5. The SMILES string of the molecule is O=C1C[C@@H]2C[C@@H](c3ccc(Cl)nc3)[C@H](C1)N2. The molecule has 0 saturated carbocycles. The number of rotatable bonds is 1. The van der Waals surface area contributed by atoms with Gasteiger partial charge >= 0.3 is 0 Å². The summed E-state index contributed by atoms with van der Waals surface area (Å²) < 4.78 is 0. The van der Waals surface area contributed by atoms with E-state index in [-0.39, 0.29) is 0 Å². The fourth-order valence-electron chi connectivity index (χ4n) is 2.88. The van der Waals surface area contributed by atoms with Crippen LogP contribution in [0.4, 0.5) is 0 Å². The molecule has 84 valence electrons. The van der Waals surface area contributed by atoms with Crippen LogP contribution in [0.15, 0.2) is 18.3 Å². The van der Waals surface area contributed by atoms with Gasteiger partial charge in [-0.2, -0.15) is 0 Å². The number of fused-ring (bicyclic) bond motifs is 2. The minimum Gasteiger partial charge on any atom is -0.310 e. The molecule has 0 unspecified atom stereocenters. The van der Waals surface area contributed by atoms with Crippen molar-refractivity contribution in [2.45, 2.75) is 37.3 Å². The molecule has 3 nitrogen and oxygen atoms in total. The summed E-state index contributed by atoms with van der Waals surface area (Å²) in [5, 5.41) is 4.02. The van der Waals surface area contributed by atoms with Crippen molar-refractivity contribution in [2.24, 2.45) is 0 Å². The zero-order valence-electron chi connectivity index (χ0n) is 8.82. The number of nitrogens with one attached hydrogen (secondary N) is 1. The Hall–Kier alpha value is -0.930. The highest BCUT2D eigenvalue weighted by molar-refractivity contribution is 6.29. The van der Waals surface area contributed by atoms with Gasteiger partial charge in [0.25, 0.3) is 0 Å². The van der Waals surface area contributed by atoms with Crippen LogP contribution in [0.5, 0.6) is 0 Å². The van der Waals surface area contributed by atoms with Crippen LogP contribution < -0.4 is 5.32 Å². The van der Waals surface area contributed by atoms with Crippen LogP contribution in [-0.4, -0.2) is 22.9 Å². The number of hydrogen-bond acceptors (Lipinski definition) is 3. The standard InChI is InChI=1S/C12H13ClN2O/c13-12-2-1-7(6-14-12)10-4-8-3-9(16)5-11(10)15-8/h1-2,6,8,10-11,15H,3-5H2/t8-,10+,11+/m1/s1. The predicted octanol–water partition coefficient (Wildman–Crippen LogP) is 1.91. The molecular weight excluding hydrogens is 224 g/mol. The maximum Gasteiger partial charge on any atom is 0.136 e. The topological polar surface area (TPSA) is 42.0 Å². The lowest BCUT2D eigenvalue weighted by molar-refractivity contribution is -0.120. The summed E-state index contributed by atoms with van der Waals surface area (Å²) in [4.78, 5) is 15.6. The van der Waals surface area contributed by atoms with Gasteiger partial charge < -0.3 is 5.32 Å². The lowest BCUT2D eigenvalue weighted by Crippen LogP contribution is -2.39. The first-order valence-electron chi connectivity index (χ1n) is 5.61. The molecule has 2 saturated heterocycles. The third kappa shape index (κ3) is 1.74. The summed E-state index contributed by atoms with van der Waals surface area (Å²) in [5.74, 6) is 0.805. The molecule has 0 radical (unpaired) electrons. The van der Waals surface area contributed by atoms with E-state index in [9.17, 15) is 4.79 Å².